The molecule has 0 spiro atoms. The third-order valence-corrected chi connectivity index (χ3v) is 3.89. The van der Waals surface area contributed by atoms with E-state index in [1.165, 1.54) is 0 Å². The lowest BCUT2D eigenvalue weighted by atomic mass is 10.2. The van der Waals surface area contributed by atoms with E-state index in [9.17, 15) is 4.79 Å². The van der Waals surface area contributed by atoms with Crippen LogP contribution >= 0.6 is 31.9 Å². The Morgan fingerprint density at radius 1 is 1.40 bits per heavy atom. The Labute approximate surface area is 105 Å². The molecule has 4 heteroatoms. The number of carbonyl (C=O) groups is 1. The summed E-state index contributed by atoms with van der Waals surface area (Å²) in [6.45, 7) is 4.18. The van der Waals surface area contributed by atoms with Crippen LogP contribution in [0.3, 0.4) is 0 Å². The summed E-state index contributed by atoms with van der Waals surface area (Å²) in [5, 5.41) is 0. The predicted molar refractivity (Wildman–Crippen MR) is 68.5 cm³/mol. The number of carbonyl (C=O) groups excluding carboxylic acids is 1. The Morgan fingerprint density at radius 2 is 2.07 bits per heavy atom. The zero-order chi connectivity index (χ0) is 11.1. The molecule has 2 nitrogen and oxygen atoms in total. The van der Waals surface area contributed by atoms with E-state index in [-0.39, 0.29) is 5.91 Å². The van der Waals surface area contributed by atoms with Crippen molar-refractivity contribution in [2.24, 2.45) is 0 Å². The van der Waals surface area contributed by atoms with Gasteiger partial charge in [-0.05, 0) is 6.07 Å². The average Bonchev–Trinajstić information content (AvgIpc) is 2.42. The number of alkyl halides is 2. The lowest BCUT2D eigenvalue weighted by Crippen LogP contribution is -2.32. The van der Waals surface area contributed by atoms with E-state index in [4.69, 9.17) is 0 Å². The zero-order valence-electron chi connectivity index (χ0n) is 7.91. The molecule has 1 aromatic rings. The van der Waals surface area contributed by atoms with Gasteiger partial charge in [0.15, 0.2) is 3.23 Å². The maximum atomic E-state index is 12.1. The van der Waals surface area contributed by atoms with Crippen LogP contribution in [0.25, 0.3) is 0 Å². The second-order valence-corrected chi connectivity index (χ2v) is 6.74. The minimum atomic E-state index is -0.778. The summed E-state index contributed by atoms with van der Waals surface area (Å²) in [6.07, 6.45) is 1.72. The van der Waals surface area contributed by atoms with Gasteiger partial charge in [0.1, 0.15) is 0 Å². The minimum absolute atomic E-state index is 0.0106. The van der Waals surface area contributed by atoms with Crippen LogP contribution in [-0.2, 0) is 8.03 Å². The third kappa shape index (κ3) is 1.56. The van der Waals surface area contributed by atoms with Gasteiger partial charge in [0.2, 0.25) is 0 Å². The maximum Gasteiger partial charge on any atom is 0.259 e. The monoisotopic (exact) mass is 329 g/mol. The molecule has 0 atom stereocenters. The van der Waals surface area contributed by atoms with E-state index in [2.05, 4.69) is 38.4 Å². The number of nitrogens with zero attached hydrogens (tertiary/aromatic N) is 1. The standard InChI is InChI=1S/C11H9Br2NO/c1-2-7-14-9-6-4-3-5-8(9)11(12,13)10(14)15/h2-6H,1,7H2. The summed E-state index contributed by atoms with van der Waals surface area (Å²) >= 11 is 6.82. The van der Waals surface area contributed by atoms with Gasteiger partial charge in [0.05, 0.1) is 5.69 Å². The molecule has 0 saturated carbocycles. The maximum absolute atomic E-state index is 12.1. The first-order valence-electron chi connectivity index (χ1n) is 4.49. The van der Waals surface area contributed by atoms with E-state index in [1.54, 1.807) is 11.0 Å². The van der Waals surface area contributed by atoms with Crippen molar-refractivity contribution in [2.45, 2.75) is 3.23 Å². The highest BCUT2D eigenvalue weighted by Crippen LogP contribution is 2.50. The van der Waals surface area contributed by atoms with Crippen LogP contribution in [0.5, 0.6) is 0 Å². The first-order chi connectivity index (χ1) is 7.09. The van der Waals surface area contributed by atoms with Crippen molar-refractivity contribution in [3.05, 3.63) is 42.5 Å². The lowest BCUT2D eigenvalue weighted by Gasteiger charge is -2.16. The van der Waals surface area contributed by atoms with Gasteiger partial charge in [0.25, 0.3) is 5.91 Å². The molecule has 0 fully saturated rings. The molecule has 1 aliphatic rings. The summed E-state index contributed by atoms with van der Waals surface area (Å²) in [5.74, 6) is -0.0106. The second kappa shape index (κ2) is 3.76. The van der Waals surface area contributed by atoms with Crippen LogP contribution in [-0.4, -0.2) is 12.5 Å². The molecule has 0 saturated heterocycles. The number of rotatable bonds is 2. The Balaban J connectivity index is 2.56. The van der Waals surface area contributed by atoms with E-state index >= 15 is 0 Å². The van der Waals surface area contributed by atoms with Crippen molar-refractivity contribution in [2.75, 3.05) is 11.4 Å². The molecule has 1 aliphatic heterocycles. The van der Waals surface area contributed by atoms with Gasteiger partial charge in [-0.1, -0.05) is 56.1 Å². The van der Waals surface area contributed by atoms with Crippen LogP contribution < -0.4 is 4.90 Å². The number of anilines is 1. The number of amides is 1. The van der Waals surface area contributed by atoms with Gasteiger partial charge in [-0.3, -0.25) is 4.79 Å². The summed E-state index contributed by atoms with van der Waals surface area (Å²) in [5.41, 5.74) is 1.87. The molecule has 2 rings (SSSR count). The summed E-state index contributed by atoms with van der Waals surface area (Å²) in [6, 6.07) is 7.70. The molecule has 15 heavy (non-hydrogen) atoms. The van der Waals surface area contributed by atoms with Gasteiger partial charge in [-0.2, -0.15) is 0 Å². The minimum Gasteiger partial charge on any atom is -0.306 e. The van der Waals surface area contributed by atoms with Crippen LogP contribution in [0.15, 0.2) is 36.9 Å². The molecule has 0 unspecified atom stereocenters. The fourth-order valence-electron chi connectivity index (χ4n) is 1.68. The molecular weight excluding hydrogens is 322 g/mol. The highest BCUT2D eigenvalue weighted by molar-refractivity contribution is 9.25. The second-order valence-electron chi connectivity index (χ2n) is 3.30. The normalized spacial score (nSPS) is 17.7. The summed E-state index contributed by atoms with van der Waals surface area (Å²) in [7, 11) is 0. The van der Waals surface area contributed by atoms with Crippen molar-refractivity contribution in [3.63, 3.8) is 0 Å². The topological polar surface area (TPSA) is 20.3 Å². The number of benzene rings is 1. The zero-order valence-corrected chi connectivity index (χ0v) is 11.1. The molecule has 0 radical (unpaired) electrons. The van der Waals surface area contributed by atoms with Crippen LogP contribution in [0.4, 0.5) is 5.69 Å². The SMILES string of the molecule is C=CCN1C(=O)C(Br)(Br)c2ccccc21. The average molecular weight is 331 g/mol. The quantitative estimate of drug-likeness (QED) is 0.602. The molecular formula is C11H9Br2NO. The number of halogens is 2. The molecule has 1 aromatic carbocycles. The van der Waals surface area contributed by atoms with Gasteiger partial charge < -0.3 is 4.90 Å². The van der Waals surface area contributed by atoms with Crippen LogP contribution in [0.1, 0.15) is 5.56 Å². The Kier molecular flexibility index (Phi) is 2.73. The smallest absolute Gasteiger partial charge is 0.259 e. The van der Waals surface area contributed by atoms with Crippen molar-refractivity contribution >= 4 is 43.5 Å². The highest BCUT2D eigenvalue weighted by atomic mass is 79.9. The third-order valence-electron chi connectivity index (χ3n) is 2.36. The Hall–Kier alpha value is -0.610. The number of hydrogen-bond acceptors (Lipinski definition) is 1. The van der Waals surface area contributed by atoms with Crippen molar-refractivity contribution in [1.29, 1.82) is 0 Å². The molecule has 0 aliphatic carbocycles. The van der Waals surface area contributed by atoms with Gasteiger partial charge in [-0.25, -0.2) is 0 Å². The van der Waals surface area contributed by atoms with Gasteiger partial charge >= 0.3 is 0 Å². The lowest BCUT2D eigenvalue weighted by molar-refractivity contribution is -0.117. The fraction of sp³-hybridized carbons (Fsp3) is 0.182. The first kappa shape index (κ1) is 10.9. The van der Waals surface area contributed by atoms with E-state index in [1.807, 2.05) is 24.3 Å². The Morgan fingerprint density at radius 3 is 2.73 bits per heavy atom. The van der Waals surface area contributed by atoms with Crippen molar-refractivity contribution in [1.82, 2.24) is 0 Å². The van der Waals surface area contributed by atoms with E-state index in [0.29, 0.717) is 6.54 Å². The Bertz CT molecular complexity index is 428. The van der Waals surface area contributed by atoms with Crippen LogP contribution in [0.2, 0.25) is 0 Å². The van der Waals surface area contributed by atoms with Crippen LogP contribution in [0, 0.1) is 0 Å². The molecule has 78 valence electrons. The number of fused-ring (bicyclic) bond motifs is 1. The van der Waals surface area contributed by atoms with Crippen molar-refractivity contribution < 1.29 is 4.79 Å². The molecule has 0 bridgehead atoms. The predicted octanol–water partition coefficient (Wildman–Crippen LogP) is 3.16. The molecule has 1 heterocycles. The van der Waals surface area contributed by atoms with Crippen molar-refractivity contribution in [3.8, 4) is 0 Å². The van der Waals surface area contributed by atoms with E-state index < -0.39 is 3.23 Å². The molecule has 1 amide bonds. The largest absolute Gasteiger partial charge is 0.306 e. The molecule has 0 aromatic heterocycles. The highest BCUT2D eigenvalue weighted by Gasteiger charge is 2.46. The summed E-state index contributed by atoms with van der Waals surface area (Å²) in [4.78, 5) is 13.8. The van der Waals surface area contributed by atoms with Gasteiger partial charge in [-0.15, -0.1) is 6.58 Å². The fourth-order valence-corrected chi connectivity index (χ4v) is 2.78. The number of hydrogen-bond donors (Lipinski definition) is 0. The van der Waals surface area contributed by atoms with Gasteiger partial charge in [0, 0.05) is 12.1 Å². The first-order valence-corrected chi connectivity index (χ1v) is 6.08. The number of para-hydroxylation sites is 1. The summed E-state index contributed by atoms with van der Waals surface area (Å²) < 4.78 is -0.778. The molecule has 0 N–H and O–H groups in total. The van der Waals surface area contributed by atoms with E-state index in [0.717, 1.165) is 11.3 Å².